The molecule has 0 bridgehead atoms. The number of amides is 1. The highest BCUT2D eigenvalue weighted by molar-refractivity contribution is 5.89. The van der Waals surface area contributed by atoms with Gasteiger partial charge in [-0.3, -0.25) is 0 Å². The number of carbonyl (C=O) groups is 3. The van der Waals surface area contributed by atoms with Gasteiger partial charge in [0.15, 0.2) is 24.6 Å². The highest BCUT2D eigenvalue weighted by Gasteiger charge is 2.57. The Morgan fingerprint density at radius 2 is 1.67 bits per heavy atom. The summed E-state index contributed by atoms with van der Waals surface area (Å²) in [5, 5.41) is 13.3. The maximum absolute atomic E-state index is 13.2. The number of fused-ring (bicyclic) bond motifs is 1. The molecule has 2 N–H and O–H groups in total. The SMILES string of the molecule is CCC1O[C@@H](O[C@@H]2C(C(=O)OC)O[C@H](C)C(OC(=O)c3ccccc3)[C@@H]2OCc2ccccc2)[C@H]2NC(=O)OC2[C@@H]1O. The van der Waals surface area contributed by atoms with Crippen LogP contribution >= 0.6 is 0 Å². The molecule has 0 saturated carbocycles. The highest BCUT2D eigenvalue weighted by atomic mass is 16.7. The molecule has 3 heterocycles. The normalized spacial score (nSPS) is 34.0. The van der Waals surface area contributed by atoms with Gasteiger partial charge in [0.1, 0.15) is 24.4 Å². The van der Waals surface area contributed by atoms with Gasteiger partial charge in [0.2, 0.25) is 0 Å². The molecule has 5 rings (SSSR count). The maximum atomic E-state index is 13.2. The Bertz CT molecular complexity index is 1230. The molecule has 0 aliphatic carbocycles. The van der Waals surface area contributed by atoms with E-state index in [9.17, 15) is 19.5 Å². The van der Waals surface area contributed by atoms with Crippen molar-refractivity contribution in [3.63, 3.8) is 0 Å². The van der Waals surface area contributed by atoms with Crippen LogP contribution < -0.4 is 5.32 Å². The number of benzene rings is 2. The molecular formula is C30H35NO11. The number of hydrogen-bond donors (Lipinski definition) is 2. The molecule has 0 spiro atoms. The number of rotatable bonds is 9. The standard InChI is InChI=1S/C30H35NO11/c1-4-19-21(32)23-20(31-30(35)42-23)29(39-19)41-25-24(37-15-17-11-7-5-8-12-17)22(16(2)38-26(25)28(34)36-3)40-27(33)18-13-9-6-10-14-18/h5-14,16,19-26,29,32H,4,15H2,1-3H3,(H,31,35)/t16-,19?,20+,21-,22?,23?,24+,25+,26?,29+/m1/s1. The van der Waals surface area contributed by atoms with E-state index in [1.807, 2.05) is 37.3 Å². The first-order chi connectivity index (χ1) is 20.3. The van der Waals surface area contributed by atoms with Crippen LogP contribution in [0.3, 0.4) is 0 Å². The van der Waals surface area contributed by atoms with Gasteiger partial charge in [0.05, 0.1) is 31.5 Å². The van der Waals surface area contributed by atoms with Crippen molar-refractivity contribution in [1.29, 1.82) is 0 Å². The monoisotopic (exact) mass is 585 g/mol. The molecule has 3 aliphatic heterocycles. The van der Waals surface area contributed by atoms with Crippen LogP contribution in [0.1, 0.15) is 36.2 Å². The van der Waals surface area contributed by atoms with Gasteiger partial charge in [-0.1, -0.05) is 55.5 Å². The number of hydrogen-bond acceptors (Lipinski definition) is 11. The van der Waals surface area contributed by atoms with Crippen LogP contribution in [-0.2, 0) is 44.6 Å². The fourth-order valence-corrected chi connectivity index (χ4v) is 5.46. The van der Waals surface area contributed by atoms with Crippen LogP contribution in [0.5, 0.6) is 0 Å². The molecule has 12 nitrogen and oxygen atoms in total. The van der Waals surface area contributed by atoms with E-state index in [-0.39, 0.29) is 6.61 Å². The van der Waals surface area contributed by atoms with Crippen molar-refractivity contribution in [1.82, 2.24) is 5.32 Å². The summed E-state index contributed by atoms with van der Waals surface area (Å²) in [5.41, 5.74) is 1.15. The van der Waals surface area contributed by atoms with Crippen molar-refractivity contribution in [2.45, 2.75) is 88.0 Å². The van der Waals surface area contributed by atoms with E-state index in [0.717, 1.165) is 5.56 Å². The smallest absolute Gasteiger partial charge is 0.408 e. The number of nitrogens with one attached hydrogen (secondary N) is 1. The summed E-state index contributed by atoms with van der Waals surface area (Å²) in [6, 6.07) is 16.9. The van der Waals surface area contributed by atoms with Gasteiger partial charge in [-0.15, -0.1) is 0 Å². The molecule has 226 valence electrons. The van der Waals surface area contributed by atoms with E-state index in [1.54, 1.807) is 37.3 Å². The molecule has 0 radical (unpaired) electrons. The van der Waals surface area contributed by atoms with E-state index < -0.39 is 79.2 Å². The lowest BCUT2D eigenvalue weighted by Gasteiger charge is -2.47. The summed E-state index contributed by atoms with van der Waals surface area (Å²) in [4.78, 5) is 38.3. The second kappa shape index (κ2) is 13.2. The van der Waals surface area contributed by atoms with Crippen LogP contribution in [0.4, 0.5) is 4.79 Å². The lowest BCUT2D eigenvalue weighted by atomic mass is 9.93. The molecule has 1 amide bonds. The third kappa shape index (κ3) is 6.27. The van der Waals surface area contributed by atoms with Crippen LogP contribution in [-0.4, -0.2) is 91.4 Å². The van der Waals surface area contributed by atoms with Gasteiger partial charge in [0.25, 0.3) is 0 Å². The minimum atomic E-state index is -1.30. The van der Waals surface area contributed by atoms with Crippen molar-refractivity contribution in [2.75, 3.05) is 7.11 Å². The van der Waals surface area contributed by atoms with Gasteiger partial charge >= 0.3 is 18.0 Å². The van der Waals surface area contributed by atoms with E-state index in [2.05, 4.69) is 5.32 Å². The number of aliphatic hydroxyl groups is 1. The average Bonchev–Trinajstić information content (AvgIpc) is 3.42. The fraction of sp³-hybridized carbons (Fsp3) is 0.500. The number of esters is 2. The zero-order valence-electron chi connectivity index (χ0n) is 23.5. The molecule has 3 saturated heterocycles. The Labute approximate surface area is 243 Å². The number of ether oxygens (including phenoxy) is 7. The quantitative estimate of drug-likeness (QED) is 0.329. The van der Waals surface area contributed by atoms with E-state index in [1.165, 1.54) is 7.11 Å². The lowest BCUT2D eigenvalue weighted by Crippen LogP contribution is -2.66. The Morgan fingerprint density at radius 3 is 2.33 bits per heavy atom. The molecule has 12 heteroatoms. The molecule has 2 aromatic rings. The first-order valence-corrected chi connectivity index (χ1v) is 13.9. The van der Waals surface area contributed by atoms with E-state index in [4.69, 9.17) is 33.2 Å². The van der Waals surface area contributed by atoms with Gasteiger partial charge < -0.3 is 43.6 Å². The number of methoxy groups -OCH3 is 1. The summed E-state index contributed by atoms with van der Waals surface area (Å²) in [6.45, 7) is 3.57. The van der Waals surface area contributed by atoms with E-state index in [0.29, 0.717) is 12.0 Å². The minimum Gasteiger partial charge on any atom is -0.467 e. The number of carbonyl (C=O) groups excluding carboxylic acids is 3. The van der Waals surface area contributed by atoms with Crippen LogP contribution in [0, 0.1) is 0 Å². The Hall–Kier alpha value is -3.55. The molecule has 0 aromatic heterocycles. The summed E-state index contributed by atoms with van der Waals surface area (Å²) < 4.78 is 41.2. The summed E-state index contributed by atoms with van der Waals surface area (Å²) in [5.74, 6) is -1.35. The maximum Gasteiger partial charge on any atom is 0.408 e. The fourth-order valence-electron chi connectivity index (χ4n) is 5.46. The summed E-state index contributed by atoms with van der Waals surface area (Å²) in [6.07, 6.45) is -9.66. The number of alkyl carbamates (subject to hydrolysis) is 1. The van der Waals surface area contributed by atoms with Gasteiger partial charge in [0, 0.05) is 0 Å². The number of aliphatic hydroxyl groups excluding tert-OH is 1. The summed E-state index contributed by atoms with van der Waals surface area (Å²) >= 11 is 0. The predicted octanol–water partition coefficient (Wildman–Crippen LogP) is 2.12. The minimum absolute atomic E-state index is 0.0963. The summed E-state index contributed by atoms with van der Waals surface area (Å²) in [7, 11) is 1.22. The first kappa shape index (κ1) is 29.9. The predicted molar refractivity (Wildman–Crippen MR) is 144 cm³/mol. The Morgan fingerprint density at radius 1 is 0.976 bits per heavy atom. The average molecular weight is 586 g/mol. The Kier molecular flexibility index (Phi) is 9.39. The van der Waals surface area contributed by atoms with Crippen molar-refractivity contribution in [3.05, 3.63) is 71.8 Å². The second-order valence-electron chi connectivity index (χ2n) is 10.4. The lowest BCUT2D eigenvalue weighted by molar-refractivity contribution is -0.314. The molecule has 3 fully saturated rings. The van der Waals surface area contributed by atoms with Crippen LogP contribution in [0.15, 0.2) is 60.7 Å². The molecule has 2 aromatic carbocycles. The Balaban J connectivity index is 1.48. The molecule has 3 aliphatic rings. The first-order valence-electron chi connectivity index (χ1n) is 13.9. The van der Waals surface area contributed by atoms with Crippen molar-refractivity contribution in [3.8, 4) is 0 Å². The second-order valence-corrected chi connectivity index (χ2v) is 10.4. The van der Waals surface area contributed by atoms with Crippen molar-refractivity contribution in [2.24, 2.45) is 0 Å². The molecule has 4 unspecified atom stereocenters. The third-order valence-electron chi connectivity index (χ3n) is 7.64. The largest absolute Gasteiger partial charge is 0.467 e. The molecular weight excluding hydrogens is 550 g/mol. The van der Waals surface area contributed by atoms with Crippen LogP contribution in [0.25, 0.3) is 0 Å². The third-order valence-corrected chi connectivity index (χ3v) is 7.64. The van der Waals surface area contributed by atoms with E-state index >= 15 is 0 Å². The van der Waals surface area contributed by atoms with Crippen molar-refractivity contribution < 1.29 is 52.6 Å². The zero-order chi connectivity index (χ0) is 29.8. The van der Waals surface area contributed by atoms with Gasteiger partial charge in [-0.2, -0.15) is 0 Å². The van der Waals surface area contributed by atoms with Gasteiger partial charge in [-0.05, 0) is 31.0 Å². The van der Waals surface area contributed by atoms with Crippen molar-refractivity contribution >= 4 is 18.0 Å². The van der Waals surface area contributed by atoms with Gasteiger partial charge in [-0.25, -0.2) is 14.4 Å². The molecule has 42 heavy (non-hydrogen) atoms. The molecule has 10 atom stereocenters. The highest BCUT2D eigenvalue weighted by Crippen LogP contribution is 2.35. The zero-order valence-corrected chi connectivity index (χ0v) is 23.5. The van der Waals surface area contributed by atoms with Crippen LogP contribution in [0.2, 0.25) is 0 Å². The topological polar surface area (TPSA) is 148 Å².